The van der Waals surface area contributed by atoms with E-state index in [4.69, 9.17) is 5.73 Å². The zero-order valence-electron chi connectivity index (χ0n) is 11.7. The number of hydrogen-bond acceptors (Lipinski definition) is 3. The molecule has 0 fully saturated rings. The minimum Gasteiger partial charge on any atom is -0.388 e. The van der Waals surface area contributed by atoms with Crippen LogP contribution in [0.15, 0.2) is 30.3 Å². The van der Waals surface area contributed by atoms with Crippen LogP contribution in [0.3, 0.4) is 0 Å². The van der Waals surface area contributed by atoms with Crippen molar-refractivity contribution in [2.75, 3.05) is 6.54 Å². The lowest BCUT2D eigenvalue weighted by atomic mass is 10.0. The molecule has 0 saturated heterocycles. The van der Waals surface area contributed by atoms with E-state index in [2.05, 4.69) is 5.32 Å². The quantitative estimate of drug-likeness (QED) is 0.702. The largest absolute Gasteiger partial charge is 0.388 e. The molecular formula is C15H24N2O2. The van der Waals surface area contributed by atoms with Crippen molar-refractivity contribution < 1.29 is 9.90 Å². The summed E-state index contributed by atoms with van der Waals surface area (Å²) in [5.74, 6) is -0.0693. The maximum atomic E-state index is 11.7. The summed E-state index contributed by atoms with van der Waals surface area (Å²) in [7, 11) is 0. The van der Waals surface area contributed by atoms with Gasteiger partial charge in [-0.3, -0.25) is 4.79 Å². The second-order valence-corrected chi connectivity index (χ2v) is 5.18. The molecule has 1 rings (SSSR count). The van der Waals surface area contributed by atoms with Crippen LogP contribution in [0, 0.1) is 0 Å². The maximum Gasteiger partial charge on any atom is 0.220 e. The van der Waals surface area contributed by atoms with Gasteiger partial charge in [0.25, 0.3) is 0 Å². The van der Waals surface area contributed by atoms with E-state index < -0.39 is 5.60 Å². The molecule has 0 aliphatic heterocycles. The van der Waals surface area contributed by atoms with Gasteiger partial charge in [-0.15, -0.1) is 0 Å². The Bertz CT molecular complexity index is 390. The van der Waals surface area contributed by atoms with Gasteiger partial charge < -0.3 is 16.2 Å². The maximum absolute atomic E-state index is 11.7. The van der Waals surface area contributed by atoms with Crippen molar-refractivity contribution in [1.82, 2.24) is 5.32 Å². The van der Waals surface area contributed by atoms with Crippen LogP contribution in [0.1, 0.15) is 44.7 Å². The fourth-order valence-corrected chi connectivity index (χ4v) is 1.66. The molecule has 0 spiro atoms. The number of carbonyl (C=O) groups excluding carboxylic acids is 1. The number of nitrogens with two attached hydrogens (primary N) is 1. The molecule has 4 heteroatoms. The summed E-state index contributed by atoms with van der Waals surface area (Å²) in [5, 5.41) is 12.5. The van der Waals surface area contributed by atoms with Gasteiger partial charge in [-0.05, 0) is 25.3 Å². The molecule has 1 aromatic carbocycles. The van der Waals surface area contributed by atoms with E-state index in [0.29, 0.717) is 19.3 Å². The van der Waals surface area contributed by atoms with Crippen molar-refractivity contribution in [2.45, 2.75) is 44.8 Å². The fraction of sp³-hybridized carbons (Fsp3) is 0.533. The first-order chi connectivity index (χ1) is 8.94. The van der Waals surface area contributed by atoms with Crippen LogP contribution in [0.2, 0.25) is 0 Å². The molecule has 0 aromatic heterocycles. The van der Waals surface area contributed by atoms with E-state index in [1.54, 1.807) is 6.92 Å². The zero-order chi connectivity index (χ0) is 14.3. The van der Waals surface area contributed by atoms with Gasteiger partial charge in [-0.1, -0.05) is 37.3 Å². The Morgan fingerprint density at radius 2 is 2.05 bits per heavy atom. The van der Waals surface area contributed by atoms with E-state index in [0.717, 1.165) is 5.56 Å². The molecule has 0 saturated carbocycles. The van der Waals surface area contributed by atoms with E-state index in [1.807, 2.05) is 37.3 Å². The highest BCUT2D eigenvalue weighted by atomic mass is 16.3. The first-order valence-electron chi connectivity index (χ1n) is 6.74. The number of aliphatic hydroxyl groups is 1. The van der Waals surface area contributed by atoms with Crippen molar-refractivity contribution in [3.05, 3.63) is 35.9 Å². The summed E-state index contributed by atoms with van der Waals surface area (Å²) in [4.78, 5) is 11.7. The third kappa shape index (κ3) is 5.85. The number of benzene rings is 1. The highest BCUT2D eigenvalue weighted by molar-refractivity contribution is 5.76. The lowest BCUT2D eigenvalue weighted by Gasteiger charge is -2.21. The van der Waals surface area contributed by atoms with Gasteiger partial charge in [0.15, 0.2) is 0 Å². The zero-order valence-corrected chi connectivity index (χ0v) is 11.7. The average Bonchev–Trinajstić information content (AvgIpc) is 2.43. The van der Waals surface area contributed by atoms with Gasteiger partial charge in [-0.25, -0.2) is 0 Å². The number of nitrogens with one attached hydrogen (secondary N) is 1. The minimum atomic E-state index is -0.836. The van der Waals surface area contributed by atoms with Crippen molar-refractivity contribution >= 4 is 5.91 Å². The van der Waals surface area contributed by atoms with Gasteiger partial charge in [-0.2, -0.15) is 0 Å². The third-order valence-electron chi connectivity index (χ3n) is 3.34. The second-order valence-electron chi connectivity index (χ2n) is 5.18. The normalized spacial score (nSPS) is 15.6. The van der Waals surface area contributed by atoms with Crippen LogP contribution in [-0.4, -0.2) is 23.2 Å². The summed E-state index contributed by atoms with van der Waals surface area (Å²) < 4.78 is 0. The third-order valence-corrected chi connectivity index (χ3v) is 3.34. The molecule has 1 aromatic rings. The van der Waals surface area contributed by atoms with Crippen molar-refractivity contribution in [1.29, 1.82) is 0 Å². The highest BCUT2D eigenvalue weighted by Crippen LogP contribution is 2.15. The molecule has 4 N–H and O–H groups in total. The Morgan fingerprint density at radius 1 is 1.42 bits per heavy atom. The van der Waals surface area contributed by atoms with Gasteiger partial charge >= 0.3 is 0 Å². The summed E-state index contributed by atoms with van der Waals surface area (Å²) >= 11 is 0. The second kappa shape index (κ2) is 7.26. The molecule has 19 heavy (non-hydrogen) atoms. The van der Waals surface area contributed by atoms with E-state index in [-0.39, 0.29) is 18.5 Å². The molecule has 0 aliphatic rings. The van der Waals surface area contributed by atoms with E-state index in [9.17, 15) is 9.90 Å². The molecular weight excluding hydrogens is 240 g/mol. The van der Waals surface area contributed by atoms with Gasteiger partial charge in [0.05, 0.1) is 5.60 Å². The number of hydrogen-bond donors (Lipinski definition) is 3. The molecule has 0 bridgehead atoms. The van der Waals surface area contributed by atoms with Crippen LogP contribution in [0.25, 0.3) is 0 Å². The number of carbonyl (C=O) groups is 1. The van der Waals surface area contributed by atoms with Gasteiger partial charge in [0.2, 0.25) is 5.91 Å². The molecule has 0 aliphatic carbocycles. The molecule has 4 nitrogen and oxygen atoms in total. The van der Waals surface area contributed by atoms with Crippen LogP contribution >= 0.6 is 0 Å². The first kappa shape index (κ1) is 15.7. The summed E-state index contributed by atoms with van der Waals surface area (Å²) in [5.41, 5.74) is 6.22. The van der Waals surface area contributed by atoms with Gasteiger partial charge in [0, 0.05) is 19.0 Å². The predicted molar refractivity (Wildman–Crippen MR) is 76.5 cm³/mol. The monoisotopic (exact) mass is 264 g/mol. The van der Waals surface area contributed by atoms with E-state index >= 15 is 0 Å². The van der Waals surface area contributed by atoms with Crippen LogP contribution in [-0.2, 0) is 4.79 Å². The Morgan fingerprint density at radius 3 is 2.63 bits per heavy atom. The Hall–Kier alpha value is -1.39. The number of amides is 1. The Labute approximate surface area is 115 Å². The lowest BCUT2D eigenvalue weighted by Crippen LogP contribution is -2.40. The molecule has 1 amide bonds. The summed E-state index contributed by atoms with van der Waals surface area (Å²) in [6.07, 6.45) is 1.58. The average molecular weight is 264 g/mol. The molecule has 0 radical (unpaired) electrons. The fourth-order valence-electron chi connectivity index (χ4n) is 1.66. The molecule has 2 unspecified atom stereocenters. The topological polar surface area (TPSA) is 75.3 Å². The van der Waals surface area contributed by atoms with Crippen molar-refractivity contribution in [3.63, 3.8) is 0 Å². The SMILES string of the molecule is CCC(C)(O)CNC(=O)CCC(N)c1ccccc1. The predicted octanol–water partition coefficient (Wildman–Crippen LogP) is 1.74. The Kier molecular flexibility index (Phi) is 5.99. The van der Waals surface area contributed by atoms with Crippen molar-refractivity contribution in [3.8, 4) is 0 Å². The molecule has 0 heterocycles. The smallest absolute Gasteiger partial charge is 0.220 e. The van der Waals surface area contributed by atoms with Crippen molar-refractivity contribution in [2.24, 2.45) is 5.73 Å². The van der Waals surface area contributed by atoms with Crippen LogP contribution < -0.4 is 11.1 Å². The molecule has 2 atom stereocenters. The lowest BCUT2D eigenvalue weighted by molar-refractivity contribution is -0.122. The van der Waals surface area contributed by atoms with Crippen LogP contribution in [0.4, 0.5) is 0 Å². The minimum absolute atomic E-state index is 0.0693. The van der Waals surface area contributed by atoms with E-state index in [1.165, 1.54) is 0 Å². The summed E-state index contributed by atoms with van der Waals surface area (Å²) in [6, 6.07) is 9.62. The highest BCUT2D eigenvalue weighted by Gasteiger charge is 2.18. The Balaban J connectivity index is 2.31. The van der Waals surface area contributed by atoms with Crippen LogP contribution in [0.5, 0.6) is 0 Å². The molecule has 106 valence electrons. The summed E-state index contributed by atoms with van der Waals surface area (Å²) in [6.45, 7) is 3.88. The van der Waals surface area contributed by atoms with Gasteiger partial charge in [0.1, 0.15) is 0 Å². The number of rotatable bonds is 7. The first-order valence-corrected chi connectivity index (χ1v) is 6.74. The standard InChI is InChI=1S/C15H24N2O2/c1-3-15(2,19)11-17-14(18)10-9-13(16)12-7-5-4-6-8-12/h4-8,13,19H,3,9-11,16H2,1-2H3,(H,17,18).